The van der Waals surface area contributed by atoms with Crippen LogP contribution in [0, 0.1) is 5.41 Å². The summed E-state index contributed by atoms with van der Waals surface area (Å²) in [7, 11) is 0. The molecule has 2 atom stereocenters. The molecule has 1 fully saturated rings. The minimum Gasteiger partial charge on any atom is -0.389 e. The lowest BCUT2D eigenvalue weighted by atomic mass is 10.0. The van der Waals surface area contributed by atoms with Crippen LogP contribution < -0.4 is 5.32 Å². The summed E-state index contributed by atoms with van der Waals surface area (Å²) in [6.45, 7) is 10.2. The molecule has 2 unspecified atom stereocenters. The highest BCUT2D eigenvalue weighted by Gasteiger charge is 2.46. The molecule has 2 N–H and O–H groups in total. The van der Waals surface area contributed by atoms with Gasteiger partial charge in [-0.3, -0.25) is 0 Å². The molecule has 1 rings (SSSR count). The quantitative estimate of drug-likeness (QED) is 0.675. The van der Waals surface area contributed by atoms with Crippen LogP contribution in [-0.4, -0.2) is 22.8 Å². The molecule has 0 amide bonds. The van der Waals surface area contributed by atoms with Gasteiger partial charge in [-0.05, 0) is 32.6 Å². The largest absolute Gasteiger partial charge is 0.389 e. The van der Waals surface area contributed by atoms with Crippen molar-refractivity contribution in [2.45, 2.75) is 58.7 Å². The van der Waals surface area contributed by atoms with Crippen LogP contribution in [0.1, 0.15) is 41.0 Å². The van der Waals surface area contributed by atoms with Gasteiger partial charge >= 0.3 is 0 Å². The van der Waals surface area contributed by atoms with Crippen LogP contribution in [-0.2, 0) is 0 Å². The Kier molecular flexibility index (Phi) is 2.26. The van der Waals surface area contributed by atoms with Gasteiger partial charge in [-0.2, -0.15) is 0 Å². The molecular weight excluding hydrogens is 150 g/mol. The summed E-state index contributed by atoms with van der Waals surface area (Å²) in [5.41, 5.74) is -0.168. The van der Waals surface area contributed by atoms with Crippen molar-refractivity contribution in [3.63, 3.8) is 0 Å². The van der Waals surface area contributed by atoms with E-state index in [1.807, 2.05) is 20.8 Å². The molecule has 0 saturated heterocycles. The fraction of sp³-hybridized carbons (Fsp3) is 1.00. The van der Waals surface area contributed by atoms with Gasteiger partial charge in [0, 0.05) is 12.1 Å². The molecule has 1 aliphatic rings. The summed E-state index contributed by atoms with van der Waals surface area (Å²) in [5.74, 6) is 0. The molecule has 2 heteroatoms. The molecular formula is C10H21NO. The van der Waals surface area contributed by atoms with Gasteiger partial charge in [-0.1, -0.05) is 13.8 Å². The van der Waals surface area contributed by atoms with Gasteiger partial charge in [-0.15, -0.1) is 0 Å². The summed E-state index contributed by atoms with van der Waals surface area (Å²) in [6.07, 6.45) is 1.23. The molecule has 0 aromatic carbocycles. The number of hydrogen-bond acceptors (Lipinski definition) is 2. The highest BCUT2D eigenvalue weighted by atomic mass is 16.3. The number of aliphatic hydroxyl groups is 1. The standard InChI is InChI=1S/C10H21NO/c1-7(10(4,5)12)11-8-6-9(8,2)3/h7-8,11-12H,6H2,1-5H3. The van der Waals surface area contributed by atoms with Gasteiger partial charge < -0.3 is 10.4 Å². The molecule has 0 aromatic heterocycles. The molecule has 0 aliphatic heterocycles. The number of hydrogen-bond donors (Lipinski definition) is 2. The van der Waals surface area contributed by atoms with E-state index in [0.717, 1.165) is 0 Å². The number of rotatable bonds is 3. The Morgan fingerprint density at radius 1 is 1.50 bits per heavy atom. The Morgan fingerprint density at radius 2 is 1.92 bits per heavy atom. The second kappa shape index (κ2) is 2.71. The topological polar surface area (TPSA) is 32.3 Å². The van der Waals surface area contributed by atoms with E-state index < -0.39 is 5.60 Å². The SMILES string of the molecule is CC(NC1CC1(C)C)C(C)(C)O. The lowest BCUT2D eigenvalue weighted by Crippen LogP contribution is -2.46. The Morgan fingerprint density at radius 3 is 2.17 bits per heavy atom. The van der Waals surface area contributed by atoms with E-state index in [2.05, 4.69) is 19.2 Å². The van der Waals surface area contributed by atoms with Crippen molar-refractivity contribution in [2.75, 3.05) is 0 Å². The fourth-order valence-corrected chi connectivity index (χ4v) is 1.26. The van der Waals surface area contributed by atoms with Gasteiger partial charge in [0.2, 0.25) is 0 Å². The third-order valence-corrected chi connectivity index (χ3v) is 3.02. The van der Waals surface area contributed by atoms with Crippen molar-refractivity contribution in [2.24, 2.45) is 5.41 Å². The van der Waals surface area contributed by atoms with E-state index in [0.29, 0.717) is 11.5 Å². The van der Waals surface area contributed by atoms with Crippen LogP contribution in [0.5, 0.6) is 0 Å². The zero-order chi connectivity index (χ0) is 9.57. The van der Waals surface area contributed by atoms with E-state index >= 15 is 0 Å². The van der Waals surface area contributed by atoms with Gasteiger partial charge in [0.25, 0.3) is 0 Å². The molecule has 1 saturated carbocycles. The minimum absolute atomic E-state index is 0.171. The third kappa shape index (κ3) is 2.20. The minimum atomic E-state index is -0.612. The lowest BCUT2D eigenvalue weighted by Gasteiger charge is -2.27. The van der Waals surface area contributed by atoms with E-state index in [1.54, 1.807) is 0 Å². The van der Waals surface area contributed by atoms with Crippen molar-refractivity contribution in [3.05, 3.63) is 0 Å². The zero-order valence-electron chi connectivity index (χ0n) is 8.81. The van der Waals surface area contributed by atoms with Crippen LogP contribution in [0.15, 0.2) is 0 Å². The Balaban J connectivity index is 2.34. The second-order valence-electron chi connectivity index (χ2n) is 5.29. The highest BCUT2D eigenvalue weighted by molar-refractivity contribution is 5.03. The first-order valence-electron chi connectivity index (χ1n) is 4.72. The highest BCUT2D eigenvalue weighted by Crippen LogP contribution is 2.45. The van der Waals surface area contributed by atoms with Crippen molar-refractivity contribution in [1.82, 2.24) is 5.32 Å². The van der Waals surface area contributed by atoms with E-state index in [4.69, 9.17) is 0 Å². The predicted octanol–water partition coefficient (Wildman–Crippen LogP) is 1.53. The molecule has 0 radical (unpaired) electrons. The van der Waals surface area contributed by atoms with Crippen LogP contribution in [0.25, 0.3) is 0 Å². The smallest absolute Gasteiger partial charge is 0.0741 e. The first-order chi connectivity index (χ1) is 5.23. The summed E-state index contributed by atoms with van der Waals surface area (Å²) >= 11 is 0. The second-order valence-corrected chi connectivity index (χ2v) is 5.29. The zero-order valence-corrected chi connectivity index (χ0v) is 8.81. The summed E-state index contributed by atoms with van der Waals surface area (Å²) in [6, 6.07) is 0.767. The van der Waals surface area contributed by atoms with E-state index in [9.17, 15) is 5.11 Å². The Bertz CT molecular complexity index is 169. The normalized spacial score (nSPS) is 30.0. The maximum atomic E-state index is 9.67. The van der Waals surface area contributed by atoms with Gasteiger partial charge in [0.15, 0.2) is 0 Å². The van der Waals surface area contributed by atoms with Gasteiger partial charge in [0.1, 0.15) is 0 Å². The van der Waals surface area contributed by atoms with Crippen LogP contribution >= 0.6 is 0 Å². The third-order valence-electron chi connectivity index (χ3n) is 3.02. The maximum absolute atomic E-state index is 9.67. The molecule has 2 nitrogen and oxygen atoms in total. The molecule has 1 aliphatic carbocycles. The first-order valence-corrected chi connectivity index (χ1v) is 4.72. The molecule has 0 bridgehead atoms. The van der Waals surface area contributed by atoms with Crippen molar-refractivity contribution < 1.29 is 5.11 Å². The van der Waals surface area contributed by atoms with Crippen molar-refractivity contribution >= 4 is 0 Å². The maximum Gasteiger partial charge on any atom is 0.0741 e. The molecule has 0 spiro atoms. The average molecular weight is 171 g/mol. The molecule has 72 valence electrons. The fourth-order valence-electron chi connectivity index (χ4n) is 1.26. The number of nitrogens with one attached hydrogen (secondary N) is 1. The Labute approximate surface area is 75.4 Å². The van der Waals surface area contributed by atoms with Crippen molar-refractivity contribution in [1.29, 1.82) is 0 Å². The predicted molar refractivity (Wildman–Crippen MR) is 51.1 cm³/mol. The first kappa shape index (κ1) is 10.0. The summed E-state index contributed by atoms with van der Waals surface area (Å²) in [4.78, 5) is 0. The summed E-state index contributed by atoms with van der Waals surface area (Å²) in [5, 5.41) is 13.1. The van der Waals surface area contributed by atoms with Crippen LogP contribution in [0.2, 0.25) is 0 Å². The van der Waals surface area contributed by atoms with Gasteiger partial charge in [-0.25, -0.2) is 0 Å². The van der Waals surface area contributed by atoms with E-state index in [-0.39, 0.29) is 6.04 Å². The molecule has 0 aromatic rings. The summed E-state index contributed by atoms with van der Waals surface area (Å²) < 4.78 is 0. The Hall–Kier alpha value is -0.0800. The monoisotopic (exact) mass is 171 g/mol. The average Bonchev–Trinajstić information content (AvgIpc) is 2.36. The van der Waals surface area contributed by atoms with Crippen LogP contribution in [0.4, 0.5) is 0 Å². The molecule has 0 heterocycles. The molecule has 12 heavy (non-hydrogen) atoms. The van der Waals surface area contributed by atoms with Gasteiger partial charge in [0.05, 0.1) is 5.60 Å². The van der Waals surface area contributed by atoms with Crippen molar-refractivity contribution in [3.8, 4) is 0 Å². The van der Waals surface area contributed by atoms with Crippen LogP contribution in [0.3, 0.4) is 0 Å². The lowest BCUT2D eigenvalue weighted by molar-refractivity contribution is 0.0425. The van der Waals surface area contributed by atoms with E-state index in [1.165, 1.54) is 6.42 Å².